The van der Waals surface area contributed by atoms with Crippen LogP contribution in [0.1, 0.15) is 12.0 Å². The van der Waals surface area contributed by atoms with Crippen LogP contribution in [-0.4, -0.2) is 25.7 Å². The second kappa shape index (κ2) is 7.88. The monoisotopic (exact) mass is 323 g/mol. The number of rotatable bonds is 5. The van der Waals surface area contributed by atoms with Crippen molar-refractivity contribution in [2.24, 2.45) is 0 Å². The Morgan fingerprint density at radius 1 is 1.21 bits per heavy atom. The average Bonchev–Trinajstić information content (AvgIpc) is 2.61. The maximum atomic E-state index is 12.9. The molecule has 1 aliphatic rings. The maximum absolute atomic E-state index is 12.9. The van der Waals surface area contributed by atoms with Gasteiger partial charge < -0.3 is 9.64 Å². The van der Waals surface area contributed by atoms with E-state index in [1.165, 1.54) is 5.57 Å². The number of aryl methyl sites for hydroxylation is 1. The summed E-state index contributed by atoms with van der Waals surface area (Å²) in [6.45, 7) is 4.37. The molecule has 0 spiro atoms. The normalized spacial score (nSPS) is 14.1. The molecule has 1 aliphatic heterocycles. The van der Waals surface area contributed by atoms with Crippen molar-refractivity contribution in [3.63, 3.8) is 0 Å². The predicted molar refractivity (Wildman–Crippen MR) is 93.7 cm³/mol. The van der Waals surface area contributed by atoms with Crippen molar-refractivity contribution in [1.82, 2.24) is 0 Å². The van der Waals surface area contributed by atoms with Crippen molar-refractivity contribution in [2.45, 2.75) is 19.9 Å². The lowest BCUT2D eigenvalue weighted by Crippen LogP contribution is -2.45. The van der Waals surface area contributed by atoms with Crippen LogP contribution in [0.3, 0.4) is 0 Å². The highest BCUT2D eigenvalue weighted by Crippen LogP contribution is 2.20. The fourth-order valence-electron chi connectivity index (χ4n) is 2.81. The zero-order valence-corrected chi connectivity index (χ0v) is 14.0. The highest BCUT2D eigenvalue weighted by Gasteiger charge is 2.21. The first kappa shape index (κ1) is 16.4. The highest BCUT2D eigenvalue weighted by atomic mass is 16.5. The summed E-state index contributed by atoms with van der Waals surface area (Å²) in [5.74, 6) is 0.0872. The van der Waals surface area contributed by atoms with E-state index in [9.17, 15) is 4.79 Å². The Bertz CT molecular complexity index is 725. The number of ether oxygens (including phenoxy) is 1. The molecular weight excluding hydrogens is 300 g/mol. The molecular formula is C20H23N2O2+. The van der Waals surface area contributed by atoms with E-state index in [0.29, 0.717) is 19.7 Å². The molecule has 1 amide bonds. The number of aromatic nitrogens is 1. The Balaban J connectivity index is 1.83. The SMILES string of the molecule is Cc1cccc(N(CC2=CCOCC2)C(=O)C[n+]2ccccc2)c1. The summed E-state index contributed by atoms with van der Waals surface area (Å²) in [7, 11) is 0. The van der Waals surface area contributed by atoms with E-state index in [0.717, 1.165) is 24.3 Å². The van der Waals surface area contributed by atoms with Crippen LogP contribution < -0.4 is 9.47 Å². The number of hydrogen-bond donors (Lipinski definition) is 0. The summed E-state index contributed by atoms with van der Waals surface area (Å²) >= 11 is 0. The smallest absolute Gasteiger partial charge is 0.293 e. The molecule has 0 saturated carbocycles. The highest BCUT2D eigenvalue weighted by molar-refractivity contribution is 5.93. The fraction of sp³-hybridized carbons (Fsp3) is 0.300. The number of benzene rings is 1. The molecule has 2 aromatic rings. The molecule has 24 heavy (non-hydrogen) atoms. The lowest BCUT2D eigenvalue weighted by Gasteiger charge is -2.25. The second-order valence-electron chi connectivity index (χ2n) is 6.05. The van der Waals surface area contributed by atoms with Crippen LogP contribution >= 0.6 is 0 Å². The van der Waals surface area contributed by atoms with Gasteiger partial charge in [0.2, 0.25) is 6.54 Å². The van der Waals surface area contributed by atoms with Gasteiger partial charge in [-0.05, 0) is 36.6 Å². The minimum atomic E-state index is 0.0872. The van der Waals surface area contributed by atoms with Crippen molar-refractivity contribution in [1.29, 1.82) is 0 Å². The molecule has 1 aromatic heterocycles. The summed E-state index contributed by atoms with van der Waals surface area (Å²) < 4.78 is 7.28. The third kappa shape index (κ3) is 4.30. The van der Waals surface area contributed by atoms with Gasteiger partial charge in [0.05, 0.1) is 13.2 Å². The quantitative estimate of drug-likeness (QED) is 0.626. The molecule has 0 atom stereocenters. The topological polar surface area (TPSA) is 33.4 Å². The molecule has 2 heterocycles. The average molecular weight is 323 g/mol. The molecule has 1 aromatic carbocycles. The van der Waals surface area contributed by atoms with Gasteiger partial charge in [-0.3, -0.25) is 4.79 Å². The van der Waals surface area contributed by atoms with Crippen LogP contribution in [0.5, 0.6) is 0 Å². The van der Waals surface area contributed by atoms with Crippen molar-refractivity contribution < 1.29 is 14.1 Å². The van der Waals surface area contributed by atoms with E-state index in [2.05, 4.69) is 12.1 Å². The van der Waals surface area contributed by atoms with Gasteiger partial charge in [-0.1, -0.05) is 24.3 Å². The molecule has 0 fully saturated rings. The maximum Gasteiger partial charge on any atom is 0.293 e. The number of pyridine rings is 1. The Morgan fingerprint density at radius 3 is 2.75 bits per heavy atom. The molecule has 0 bridgehead atoms. The Hall–Kier alpha value is -2.46. The zero-order valence-electron chi connectivity index (χ0n) is 14.0. The molecule has 124 valence electrons. The van der Waals surface area contributed by atoms with Crippen LogP contribution in [0.25, 0.3) is 0 Å². The lowest BCUT2D eigenvalue weighted by atomic mass is 10.1. The van der Waals surface area contributed by atoms with Gasteiger partial charge in [0.15, 0.2) is 12.4 Å². The number of carbonyl (C=O) groups excluding carboxylic acids is 1. The van der Waals surface area contributed by atoms with Gasteiger partial charge in [-0.2, -0.15) is 4.57 Å². The molecule has 0 aliphatic carbocycles. The molecule has 4 nitrogen and oxygen atoms in total. The number of nitrogens with zero attached hydrogens (tertiary/aromatic N) is 2. The predicted octanol–water partition coefficient (Wildman–Crippen LogP) is 2.66. The van der Waals surface area contributed by atoms with Gasteiger partial charge in [0, 0.05) is 24.4 Å². The number of anilines is 1. The van der Waals surface area contributed by atoms with E-state index >= 15 is 0 Å². The van der Waals surface area contributed by atoms with Crippen LogP contribution in [0.15, 0.2) is 66.5 Å². The van der Waals surface area contributed by atoms with Crippen LogP contribution in [0.4, 0.5) is 5.69 Å². The van der Waals surface area contributed by atoms with Crippen molar-refractivity contribution >= 4 is 11.6 Å². The summed E-state index contributed by atoms with van der Waals surface area (Å²) in [4.78, 5) is 14.8. The number of carbonyl (C=O) groups is 1. The summed E-state index contributed by atoms with van der Waals surface area (Å²) in [6, 6.07) is 13.9. The van der Waals surface area contributed by atoms with Crippen molar-refractivity contribution in [3.05, 3.63) is 72.1 Å². The largest absolute Gasteiger partial charge is 0.377 e. The van der Waals surface area contributed by atoms with Crippen LogP contribution in [0, 0.1) is 6.92 Å². The number of amides is 1. The number of hydrogen-bond acceptors (Lipinski definition) is 2. The van der Waals surface area contributed by atoms with Gasteiger partial charge in [0.1, 0.15) is 0 Å². The van der Waals surface area contributed by atoms with Crippen LogP contribution in [-0.2, 0) is 16.1 Å². The zero-order chi connectivity index (χ0) is 16.8. The molecule has 0 saturated heterocycles. The molecule has 3 rings (SSSR count). The Labute approximate surface area is 143 Å². The standard InChI is InChI=1S/C20H23N2O2/c1-17-6-5-7-19(14-17)22(15-18-8-12-24-13-9-18)20(23)16-21-10-3-2-4-11-21/h2-8,10-11,14H,9,12-13,15-16H2,1H3/q+1. The van der Waals surface area contributed by atoms with Gasteiger partial charge in [-0.15, -0.1) is 0 Å². The van der Waals surface area contributed by atoms with Crippen molar-refractivity contribution in [2.75, 3.05) is 24.7 Å². The first-order valence-corrected chi connectivity index (χ1v) is 8.29. The first-order chi connectivity index (χ1) is 11.7. The van der Waals surface area contributed by atoms with Crippen LogP contribution in [0.2, 0.25) is 0 Å². The summed E-state index contributed by atoms with van der Waals surface area (Å²) in [5, 5.41) is 0. The first-order valence-electron chi connectivity index (χ1n) is 8.29. The second-order valence-corrected chi connectivity index (χ2v) is 6.05. The summed E-state index contributed by atoms with van der Waals surface area (Å²) in [5.41, 5.74) is 3.36. The van der Waals surface area contributed by atoms with Gasteiger partial charge in [-0.25, -0.2) is 0 Å². The van der Waals surface area contributed by atoms with E-state index < -0.39 is 0 Å². The fourth-order valence-corrected chi connectivity index (χ4v) is 2.81. The van der Waals surface area contributed by atoms with Crippen molar-refractivity contribution in [3.8, 4) is 0 Å². The minimum absolute atomic E-state index is 0.0872. The Morgan fingerprint density at radius 2 is 2.04 bits per heavy atom. The molecule has 4 heteroatoms. The summed E-state index contributed by atoms with van der Waals surface area (Å²) in [6.07, 6.45) is 6.81. The van der Waals surface area contributed by atoms with E-state index in [-0.39, 0.29) is 5.91 Å². The lowest BCUT2D eigenvalue weighted by molar-refractivity contribution is -0.684. The molecule has 0 N–H and O–H groups in total. The van der Waals surface area contributed by atoms with E-state index in [4.69, 9.17) is 4.74 Å². The third-order valence-electron chi connectivity index (χ3n) is 4.13. The third-order valence-corrected chi connectivity index (χ3v) is 4.13. The molecule has 0 unspecified atom stereocenters. The Kier molecular flexibility index (Phi) is 5.39. The van der Waals surface area contributed by atoms with Gasteiger partial charge in [0.25, 0.3) is 5.91 Å². The van der Waals surface area contributed by atoms with E-state index in [1.807, 2.05) is 65.2 Å². The van der Waals surface area contributed by atoms with Gasteiger partial charge >= 0.3 is 0 Å². The minimum Gasteiger partial charge on any atom is -0.377 e. The molecule has 0 radical (unpaired) electrons. The van der Waals surface area contributed by atoms with E-state index in [1.54, 1.807) is 0 Å².